The predicted octanol–water partition coefficient (Wildman–Crippen LogP) is 2.08. The molecule has 0 spiro atoms. The van der Waals surface area contributed by atoms with Gasteiger partial charge >= 0.3 is 0 Å². The molecule has 0 saturated carbocycles. The van der Waals surface area contributed by atoms with Gasteiger partial charge in [-0.05, 0) is 17.7 Å². The Morgan fingerprint density at radius 2 is 2.30 bits per heavy atom. The van der Waals surface area contributed by atoms with Gasteiger partial charge in [0.25, 0.3) is 0 Å². The van der Waals surface area contributed by atoms with Crippen molar-refractivity contribution in [3.63, 3.8) is 0 Å². The Kier molecular flexibility index (Phi) is 2.40. The summed E-state index contributed by atoms with van der Waals surface area (Å²) in [5.41, 5.74) is 2.17. The minimum Gasteiger partial charge on any atom is -0.388 e. The maximum Gasteiger partial charge on any atom is 0.0343 e. The molecule has 0 aliphatic rings. The summed E-state index contributed by atoms with van der Waals surface area (Å²) >= 11 is 4.77. The van der Waals surface area contributed by atoms with E-state index in [2.05, 4.69) is 5.32 Å². The second kappa shape index (κ2) is 3.32. The summed E-state index contributed by atoms with van der Waals surface area (Å²) < 4.78 is 0. The molecule has 1 aromatic carbocycles. The minimum atomic E-state index is 1.07. The number of hydrogen-bond acceptors (Lipinski definition) is 2. The van der Waals surface area contributed by atoms with Crippen LogP contribution in [0.1, 0.15) is 5.56 Å². The van der Waals surface area contributed by atoms with Crippen LogP contribution < -0.4 is 5.32 Å². The van der Waals surface area contributed by atoms with Gasteiger partial charge in [-0.15, -0.1) is 0 Å². The van der Waals surface area contributed by atoms with Crippen molar-refractivity contribution in [1.29, 1.82) is 0 Å². The van der Waals surface area contributed by atoms with Crippen LogP contribution in [0.2, 0.25) is 0 Å². The zero-order chi connectivity index (χ0) is 7.40. The molecule has 0 saturated heterocycles. The fourth-order valence-electron chi connectivity index (χ4n) is 0.767. The lowest BCUT2D eigenvalue weighted by molar-refractivity contribution is 1.51. The zero-order valence-electron chi connectivity index (χ0n) is 5.79. The summed E-state index contributed by atoms with van der Waals surface area (Å²) in [4.78, 5) is 0. The van der Waals surface area contributed by atoms with Gasteiger partial charge < -0.3 is 5.32 Å². The Morgan fingerprint density at radius 1 is 1.50 bits per heavy atom. The third kappa shape index (κ3) is 1.54. The molecule has 0 bridgehead atoms. The third-order valence-electron chi connectivity index (χ3n) is 1.31. The second-order valence-electron chi connectivity index (χ2n) is 1.99. The first-order valence-electron chi connectivity index (χ1n) is 3.10. The number of hydrogen-bond donors (Lipinski definition) is 1. The molecule has 52 valence electrons. The lowest BCUT2D eigenvalue weighted by Gasteiger charge is -1.98. The van der Waals surface area contributed by atoms with Gasteiger partial charge in [-0.3, -0.25) is 0 Å². The van der Waals surface area contributed by atoms with Crippen LogP contribution in [-0.4, -0.2) is 12.4 Å². The topological polar surface area (TPSA) is 12.0 Å². The van der Waals surface area contributed by atoms with E-state index in [-0.39, 0.29) is 0 Å². The van der Waals surface area contributed by atoms with Gasteiger partial charge in [0.05, 0.1) is 0 Å². The Balaban J connectivity index is 2.98. The molecular weight excluding hydrogens is 142 g/mol. The van der Waals surface area contributed by atoms with Gasteiger partial charge in [-0.25, -0.2) is 0 Å². The number of thiocarbonyl (C=S) groups is 1. The summed E-state index contributed by atoms with van der Waals surface area (Å²) in [7, 11) is 1.89. The van der Waals surface area contributed by atoms with Crippen molar-refractivity contribution in [3.8, 4) is 0 Å². The molecule has 0 fully saturated rings. The van der Waals surface area contributed by atoms with Crippen LogP contribution in [-0.2, 0) is 0 Å². The normalized spacial score (nSPS) is 8.90. The van der Waals surface area contributed by atoms with E-state index in [4.69, 9.17) is 12.2 Å². The lowest BCUT2D eigenvalue weighted by atomic mass is 10.2. The van der Waals surface area contributed by atoms with Crippen molar-refractivity contribution >= 4 is 23.3 Å². The van der Waals surface area contributed by atoms with Crippen LogP contribution >= 0.6 is 12.2 Å². The molecule has 10 heavy (non-hydrogen) atoms. The third-order valence-corrected chi connectivity index (χ3v) is 1.58. The van der Waals surface area contributed by atoms with E-state index in [0.29, 0.717) is 0 Å². The number of nitrogens with one attached hydrogen (secondary N) is 1. The molecule has 1 nitrogen and oxygen atoms in total. The molecule has 2 heteroatoms. The van der Waals surface area contributed by atoms with Crippen LogP contribution in [0.4, 0.5) is 5.69 Å². The van der Waals surface area contributed by atoms with E-state index in [0.717, 1.165) is 11.3 Å². The molecule has 1 aromatic rings. The maximum atomic E-state index is 4.77. The van der Waals surface area contributed by atoms with Crippen molar-refractivity contribution in [2.75, 3.05) is 12.4 Å². The van der Waals surface area contributed by atoms with E-state index < -0.39 is 0 Å². The molecular formula is C8H9NS. The fourth-order valence-corrected chi connectivity index (χ4v) is 0.914. The quantitative estimate of drug-likeness (QED) is 0.649. The first kappa shape index (κ1) is 7.22. The van der Waals surface area contributed by atoms with Crippen LogP contribution in [0.25, 0.3) is 0 Å². The van der Waals surface area contributed by atoms with E-state index in [1.54, 1.807) is 5.37 Å². The molecule has 1 rings (SSSR count). The molecule has 0 aliphatic carbocycles. The molecule has 0 aromatic heterocycles. The monoisotopic (exact) mass is 151 g/mol. The molecule has 0 unspecified atom stereocenters. The van der Waals surface area contributed by atoms with Crippen molar-refractivity contribution in [3.05, 3.63) is 29.8 Å². The van der Waals surface area contributed by atoms with E-state index >= 15 is 0 Å². The van der Waals surface area contributed by atoms with Crippen LogP contribution in [0.5, 0.6) is 0 Å². The smallest absolute Gasteiger partial charge is 0.0343 e. The Bertz CT molecular complexity index is 232. The summed E-state index contributed by atoms with van der Waals surface area (Å²) in [6.07, 6.45) is 0. The summed E-state index contributed by atoms with van der Waals surface area (Å²) in [6, 6.07) is 7.97. The summed E-state index contributed by atoms with van der Waals surface area (Å²) in [6.45, 7) is 0. The molecule has 0 radical (unpaired) electrons. The minimum absolute atomic E-state index is 1.07. The number of rotatable bonds is 2. The highest BCUT2D eigenvalue weighted by Crippen LogP contribution is 2.07. The Hall–Kier alpha value is -0.890. The Morgan fingerprint density at radius 3 is 2.90 bits per heavy atom. The number of benzene rings is 1. The van der Waals surface area contributed by atoms with Gasteiger partial charge in [-0.1, -0.05) is 24.4 Å². The van der Waals surface area contributed by atoms with E-state index in [1.807, 2.05) is 31.3 Å². The van der Waals surface area contributed by atoms with E-state index in [9.17, 15) is 0 Å². The first-order chi connectivity index (χ1) is 4.86. The number of anilines is 1. The lowest BCUT2D eigenvalue weighted by Crippen LogP contribution is -1.88. The van der Waals surface area contributed by atoms with Crippen molar-refractivity contribution in [1.82, 2.24) is 0 Å². The fraction of sp³-hybridized carbons (Fsp3) is 0.125. The summed E-state index contributed by atoms with van der Waals surface area (Å²) in [5.74, 6) is 0. The average molecular weight is 151 g/mol. The Labute approximate surface area is 66.1 Å². The van der Waals surface area contributed by atoms with Crippen LogP contribution in [0.3, 0.4) is 0 Å². The summed E-state index contributed by atoms with van der Waals surface area (Å²) in [5, 5.41) is 4.70. The SMILES string of the molecule is CNc1cccc(C=S)c1. The zero-order valence-corrected chi connectivity index (χ0v) is 6.61. The van der Waals surface area contributed by atoms with Gasteiger partial charge in [0, 0.05) is 18.1 Å². The van der Waals surface area contributed by atoms with Crippen molar-refractivity contribution in [2.45, 2.75) is 0 Å². The highest BCUT2D eigenvalue weighted by Gasteiger charge is 1.87. The maximum absolute atomic E-state index is 4.77. The van der Waals surface area contributed by atoms with Crippen LogP contribution in [0.15, 0.2) is 24.3 Å². The standard InChI is InChI=1S/C8H9NS/c1-9-8-4-2-3-7(5-8)6-10/h2-6,9H,1H3. The highest BCUT2D eigenvalue weighted by molar-refractivity contribution is 7.79. The van der Waals surface area contributed by atoms with Crippen LogP contribution in [0, 0.1) is 0 Å². The molecule has 0 amide bonds. The molecule has 0 aliphatic heterocycles. The van der Waals surface area contributed by atoms with Crippen molar-refractivity contribution < 1.29 is 0 Å². The van der Waals surface area contributed by atoms with Gasteiger partial charge in [0.15, 0.2) is 0 Å². The van der Waals surface area contributed by atoms with Gasteiger partial charge in [0.2, 0.25) is 0 Å². The predicted molar refractivity (Wildman–Crippen MR) is 48.7 cm³/mol. The first-order valence-corrected chi connectivity index (χ1v) is 3.57. The molecule has 0 atom stereocenters. The van der Waals surface area contributed by atoms with Crippen molar-refractivity contribution in [2.24, 2.45) is 0 Å². The highest BCUT2D eigenvalue weighted by atomic mass is 32.1. The van der Waals surface area contributed by atoms with Gasteiger partial charge in [0.1, 0.15) is 0 Å². The van der Waals surface area contributed by atoms with Gasteiger partial charge in [-0.2, -0.15) is 0 Å². The largest absolute Gasteiger partial charge is 0.388 e. The molecule has 1 N–H and O–H groups in total. The second-order valence-corrected chi connectivity index (χ2v) is 2.23. The van der Waals surface area contributed by atoms with E-state index in [1.165, 1.54) is 0 Å². The average Bonchev–Trinajstić information content (AvgIpc) is 2.05. The molecule has 0 heterocycles.